The lowest BCUT2D eigenvalue weighted by atomic mass is 10.0. The first-order valence-corrected chi connectivity index (χ1v) is 13.3. The fourth-order valence-corrected chi connectivity index (χ4v) is 5.83. The van der Waals surface area contributed by atoms with Gasteiger partial charge in [-0.1, -0.05) is 36.4 Å². The smallest absolute Gasteiger partial charge is 0.264 e. The maximum atomic E-state index is 13.8. The van der Waals surface area contributed by atoms with E-state index in [4.69, 9.17) is 4.98 Å². The highest BCUT2D eigenvalue weighted by molar-refractivity contribution is 7.99. The highest BCUT2D eigenvalue weighted by Crippen LogP contribution is 2.37. The van der Waals surface area contributed by atoms with Gasteiger partial charge in [0, 0.05) is 43.3 Å². The summed E-state index contributed by atoms with van der Waals surface area (Å²) in [4.78, 5) is 33.0. The first-order chi connectivity index (χ1) is 17.9. The molecule has 7 nitrogen and oxygen atoms in total. The van der Waals surface area contributed by atoms with Gasteiger partial charge in [0.25, 0.3) is 5.56 Å². The molecule has 1 aromatic heterocycles. The molecule has 2 aliphatic rings. The Kier molecular flexibility index (Phi) is 7.57. The van der Waals surface area contributed by atoms with Crippen LogP contribution in [0.2, 0.25) is 0 Å². The molecule has 2 aromatic carbocycles. The largest absolute Gasteiger partial charge is 0.506 e. The SMILES string of the molecule is O=C(CCNCc1c(F)cccc1F)N1CCc2nc(SC3CCC3)n(-c3ccccc3O)c(=O)c2C1. The zero-order chi connectivity index (χ0) is 25.9. The Morgan fingerprint density at radius 3 is 2.59 bits per heavy atom. The van der Waals surface area contributed by atoms with Crippen molar-refractivity contribution < 1.29 is 18.7 Å². The van der Waals surface area contributed by atoms with E-state index in [9.17, 15) is 23.5 Å². The highest BCUT2D eigenvalue weighted by atomic mass is 32.2. The number of amides is 1. The minimum atomic E-state index is -0.630. The Bertz CT molecular complexity index is 1360. The number of nitrogens with one attached hydrogen (secondary N) is 1. The molecule has 1 amide bonds. The van der Waals surface area contributed by atoms with Gasteiger partial charge in [0.1, 0.15) is 17.4 Å². The monoisotopic (exact) mass is 526 g/mol. The molecular formula is C27H28F2N4O3S. The summed E-state index contributed by atoms with van der Waals surface area (Å²) in [6.07, 6.45) is 3.88. The van der Waals surface area contributed by atoms with Gasteiger partial charge < -0.3 is 15.3 Å². The number of aromatic hydroxyl groups is 1. The van der Waals surface area contributed by atoms with E-state index in [1.54, 1.807) is 34.9 Å². The molecule has 2 heterocycles. The molecule has 1 aliphatic heterocycles. The van der Waals surface area contributed by atoms with Crippen LogP contribution in [0.5, 0.6) is 5.75 Å². The lowest BCUT2D eigenvalue weighted by Crippen LogP contribution is -2.42. The van der Waals surface area contributed by atoms with Crippen molar-refractivity contribution in [2.75, 3.05) is 13.1 Å². The first-order valence-electron chi connectivity index (χ1n) is 12.4. The Hall–Kier alpha value is -3.24. The molecule has 1 fully saturated rings. The van der Waals surface area contributed by atoms with Gasteiger partial charge in [-0.3, -0.25) is 14.2 Å². The number of phenolic OH excluding ortho intramolecular Hbond substituents is 1. The number of rotatable bonds is 8. The maximum absolute atomic E-state index is 13.8. The topological polar surface area (TPSA) is 87.5 Å². The quantitative estimate of drug-likeness (QED) is 0.342. The average Bonchev–Trinajstić information content (AvgIpc) is 2.86. The summed E-state index contributed by atoms with van der Waals surface area (Å²) in [6.45, 7) is 0.789. The summed E-state index contributed by atoms with van der Waals surface area (Å²) in [7, 11) is 0. The summed E-state index contributed by atoms with van der Waals surface area (Å²) < 4.78 is 29.1. The number of halogens is 2. The van der Waals surface area contributed by atoms with Crippen LogP contribution in [0, 0.1) is 11.6 Å². The van der Waals surface area contributed by atoms with Crippen molar-refractivity contribution in [3.05, 3.63) is 81.3 Å². The molecule has 0 bridgehead atoms. The van der Waals surface area contributed by atoms with Crippen molar-refractivity contribution >= 4 is 17.7 Å². The molecule has 2 N–H and O–H groups in total. The second-order valence-electron chi connectivity index (χ2n) is 9.31. The maximum Gasteiger partial charge on any atom is 0.264 e. The van der Waals surface area contributed by atoms with Crippen LogP contribution in [-0.4, -0.2) is 43.8 Å². The average molecular weight is 527 g/mol. The Morgan fingerprint density at radius 1 is 1.14 bits per heavy atom. The molecule has 37 heavy (non-hydrogen) atoms. The normalized spacial score (nSPS) is 15.4. The molecule has 0 saturated heterocycles. The Morgan fingerprint density at radius 2 is 1.89 bits per heavy atom. The van der Waals surface area contributed by atoms with E-state index in [2.05, 4.69) is 5.32 Å². The number of hydrogen-bond donors (Lipinski definition) is 2. The number of phenols is 1. The number of benzene rings is 2. The highest BCUT2D eigenvalue weighted by Gasteiger charge is 2.29. The number of carbonyl (C=O) groups excluding carboxylic acids is 1. The van der Waals surface area contributed by atoms with Crippen molar-refractivity contribution in [1.29, 1.82) is 0 Å². The van der Waals surface area contributed by atoms with E-state index in [1.165, 1.54) is 28.8 Å². The van der Waals surface area contributed by atoms with Gasteiger partial charge in [0.05, 0.1) is 23.5 Å². The van der Waals surface area contributed by atoms with Crippen LogP contribution < -0.4 is 10.9 Å². The van der Waals surface area contributed by atoms with Gasteiger partial charge in [-0.25, -0.2) is 13.8 Å². The third kappa shape index (κ3) is 5.40. The van der Waals surface area contributed by atoms with Gasteiger partial charge in [-0.15, -0.1) is 0 Å². The van der Waals surface area contributed by atoms with E-state index < -0.39 is 11.6 Å². The molecule has 194 valence electrons. The van der Waals surface area contributed by atoms with E-state index in [-0.39, 0.29) is 48.8 Å². The number of para-hydroxylation sites is 2. The van der Waals surface area contributed by atoms with Crippen molar-refractivity contribution in [1.82, 2.24) is 19.8 Å². The second kappa shape index (κ2) is 11.0. The second-order valence-corrected chi connectivity index (χ2v) is 10.6. The van der Waals surface area contributed by atoms with E-state index in [0.29, 0.717) is 40.3 Å². The molecule has 5 rings (SSSR count). The molecule has 0 atom stereocenters. The summed E-state index contributed by atoms with van der Waals surface area (Å²) in [5, 5.41) is 14.4. The lowest BCUT2D eigenvalue weighted by molar-refractivity contribution is -0.132. The zero-order valence-electron chi connectivity index (χ0n) is 20.3. The molecule has 0 radical (unpaired) electrons. The summed E-state index contributed by atoms with van der Waals surface area (Å²) >= 11 is 1.57. The van der Waals surface area contributed by atoms with Crippen LogP contribution in [0.1, 0.15) is 42.5 Å². The van der Waals surface area contributed by atoms with Crippen molar-refractivity contribution in [3.8, 4) is 11.4 Å². The van der Waals surface area contributed by atoms with Crippen molar-refractivity contribution in [2.45, 2.75) is 55.6 Å². The number of carbonyl (C=O) groups is 1. The zero-order valence-corrected chi connectivity index (χ0v) is 21.1. The van der Waals surface area contributed by atoms with Crippen LogP contribution in [0.25, 0.3) is 5.69 Å². The standard InChI is InChI=1S/C27H28F2N4O3S/c28-20-7-4-8-21(29)18(20)15-30-13-11-25(35)32-14-12-22-19(16-32)26(36)33(23-9-1-2-10-24(23)34)27(31-22)37-17-5-3-6-17/h1-2,4,7-10,17,30,34H,3,5-6,11-16H2. The molecule has 10 heteroatoms. The summed E-state index contributed by atoms with van der Waals surface area (Å²) in [5.74, 6) is -1.43. The minimum Gasteiger partial charge on any atom is -0.506 e. The predicted octanol–water partition coefficient (Wildman–Crippen LogP) is 3.93. The van der Waals surface area contributed by atoms with Crippen molar-refractivity contribution in [2.24, 2.45) is 0 Å². The van der Waals surface area contributed by atoms with Crippen LogP contribution in [0.4, 0.5) is 8.78 Å². The molecule has 3 aromatic rings. The molecule has 0 unspecified atom stereocenters. The van der Waals surface area contributed by atoms with Crippen LogP contribution >= 0.6 is 11.8 Å². The number of fused-ring (bicyclic) bond motifs is 1. The fourth-order valence-electron chi connectivity index (χ4n) is 4.52. The summed E-state index contributed by atoms with van der Waals surface area (Å²) in [5.41, 5.74) is 1.17. The fraction of sp³-hybridized carbons (Fsp3) is 0.370. The van der Waals surface area contributed by atoms with Crippen LogP contribution in [0.3, 0.4) is 0 Å². The summed E-state index contributed by atoms with van der Waals surface area (Å²) in [6, 6.07) is 10.4. The van der Waals surface area contributed by atoms with Gasteiger partial charge in [-0.2, -0.15) is 0 Å². The first kappa shape index (κ1) is 25.4. The Balaban J connectivity index is 1.31. The van der Waals surface area contributed by atoms with Crippen LogP contribution in [0.15, 0.2) is 52.4 Å². The van der Waals surface area contributed by atoms with Gasteiger partial charge in [-0.05, 0) is 37.1 Å². The third-order valence-corrected chi connectivity index (χ3v) is 8.17. The van der Waals surface area contributed by atoms with Gasteiger partial charge in [0.15, 0.2) is 5.16 Å². The molecule has 0 spiro atoms. The van der Waals surface area contributed by atoms with Crippen molar-refractivity contribution in [3.63, 3.8) is 0 Å². The van der Waals surface area contributed by atoms with E-state index >= 15 is 0 Å². The molecule has 1 saturated carbocycles. The number of thioether (sulfide) groups is 1. The molecule has 1 aliphatic carbocycles. The minimum absolute atomic E-state index is 0.0112. The number of aromatic nitrogens is 2. The van der Waals surface area contributed by atoms with E-state index in [1.807, 2.05) is 0 Å². The van der Waals surface area contributed by atoms with E-state index in [0.717, 1.165) is 19.3 Å². The van der Waals surface area contributed by atoms with Crippen LogP contribution in [-0.2, 0) is 24.3 Å². The lowest BCUT2D eigenvalue weighted by Gasteiger charge is -2.30. The van der Waals surface area contributed by atoms with Gasteiger partial charge in [0.2, 0.25) is 5.91 Å². The van der Waals surface area contributed by atoms with Gasteiger partial charge >= 0.3 is 0 Å². The number of hydrogen-bond acceptors (Lipinski definition) is 6. The predicted molar refractivity (Wildman–Crippen MR) is 137 cm³/mol. The Labute approximate surface area is 217 Å². The molecular weight excluding hydrogens is 498 g/mol. The number of nitrogens with zero attached hydrogens (tertiary/aromatic N) is 3. The third-order valence-electron chi connectivity index (χ3n) is 6.88.